The molecule has 0 amide bonds. The molecular weight excluding hydrogens is 426 g/mol. The number of allylic oxidation sites excluding steroid dienone is 4. The molecule has 192 valence electrons. The summed E-state index contributed by atoms with van der Waals surface area (Å²) in [6.07, 6.45) is 11.9. The van der Waals surface area contributed by atoms with E-state index in [-0.39, 0.29) is 0 Å². The minimum atomic E-state index is 0.556. The van der Waals surface area contributed by atoms with Gasteiger partial charge in [-0.25, -0.2) is 0 Å². The fourth-order valence-corrected chi connectivity index (χ4v) is 2.17. The molecule has 0 aromatic heterocycles. The van der Waals surface area contributed by atoms with Crippen LogP contribution in [-0.4, -0.2) is 42.1 Å². The second kappa shape index (κ2) is 34.8. The van der Waals surface area contributed by atoms with E-state index >= 15 is 0 Å². The molecule has 0 radical (unpaired) electrons. The molecule has 0 aliphatic heterocycles. The number of hydrogen-bond acceptors (Lipinski definition) is 3. The molecule has 0 saturated heterocycles. The Morgan fingerprint density at radius 2 is 1.58 bits per heavy atom. The van der Waals surface area contributed by atoms with Gasteiger partial charge in [0.25, 0.3) is 0 Å². The average Bonchev–Trinajstić information content (AvgIpc) is 2.90. The first-order valence-electron chi connectivity index (χ1n) is 12.6. The first kappa shape index (κ1) is 38.4. The Balaban J connectivity index is -0.000000363. The largest absolute Gasteiger partial charge is 0.306 e. The zero-order valence-corrected chi connectivity index (χ0v) is 24.2. The molecule has 4 heteroatoms. The number of nitrogens with zero attached hydrogens (tertiary/aromatic N) is 3. The maximum Gasteiger partial charge on any atom is 0.0662 e. The lowest BCUT2D eigenvalue weighted by molar-refractivity contribution is 0.305. The van der Waals surface area contributed by atoms with Crippen molar-refractivity contribution < 1.29 is 0 Å². The van der Waals surface area contributed by atoms with E-state index in [1.807, 2.05) is 59.9 Å². The Labute approximate surface area is 212 Å². The zero-order valence-electron chi connectivity index (χ0n) is 23.4. The lowest BCUT2D eigenvalue weighted by Gasteiger charge is -2.24. The molecule has 1 aromatic carbocycles. The van der Waals surface area contributed by atoms with Crippen molar-refractivity contribution in [2.24, 2.45) is 5.10 Å². The SMILES string of the molecule is C/C=C(\CCN(C)CC)N(Cc1ccccc1)/N=C/C=C/CC.C=CCCl.CC.CC.CC. The van der Waals surface area contributed by atoms with Crippen LogP contribution in [0.15, 0.2) is 72.0 Å². The molecule has 0 spiro atoms. The minimum Gasteiger partial charge on any atom is -0.306 e. The number of hydrogen-bond donors (Lipinski definition) is 0. The Bertz CT molecular complexity index is 565. The first-order chi connectivity index (χ1) is 16.1. The van der Waals surface area contributed by atoms with Crippen LogP contribution < -0.4 is 0 Å². The molecule has 0 saturated carbocycles. The lowest BCUT2D eigenvalue weighted by Crippen LogP contribution is -2.23. The van der Waals surface area contributed by atoms with Gasteiger partial charge in [-0.1, -0.05) is 104 Å². The third kappa shape index (κ3) is 26.3. The topological polar surface area (TPSA) is 18.8 Å². The molecule has 0 N–H and O–H groups in total. The summed E-state index contributed by atoms with van der Waals surface area (Å²) in [7, 11) is 2.15. The predicted octanol–water partition coefficient (Wildman–Crippen LogP) is 9.18. The quantitative estimate of drug-likeness (QED) is 0.136. The van der Waals surface area contributed by atoms with E-state index in [0.717, 1.165) is 32.5 Å². The van der Waals surface area contributed by atoms with Crippen LogP contribution in [0.4, 0.5) is 0 Å². The van der Waals surface area contributed by atoms with Crippen molar-refractivity contribution in [1.82, 2.24) is 9.91 Å². The second-order valence-electron chi connectivity index (χ2n) is 6.01. The standard InChI is InChI=1S/C20H31N3.C3H5Cl.3C2H6/c1-5-8-12-16-21-23(18-19-13-10-9-11-14-19)20(6-2)15-17-22(4)7-3;1-2-3-4;3*1-2/h6,8-14,16H,5,7,15,17-18H2,1-4H3;2H,1,3H2;3*1-2H3/b12-8+,20-6+,21-16+;;;;. The van der Waals surface area contributed by atoms with Crippen LogP contribution in [0.2, 0.25) is 0 Å². The van der Waals surface area contributed by atoms with Gasteiger partial charge in [-0.3, -0.25) is 5.01 Å². The van der Waals surface area contributed by atoms with Crippen molar-refractivity contribution in [1.29, 1.82) is 0 Å². The molecule has 0 heterocycles. The van der Waals surface area contributed by atoms with Gasteiger partial charge in [0.15, 0.2) is 0 Å². The number of rotatable bonds is 11. The molecule has 3 nitrogen and oxygen atoms in total. The van der Waals surface area contributed by atoms with Gasteiger partial charge in [0.05, 0.1) is 6.54 Å². The summed E-state index contributed by atoms with van der Waals surface area (Å²) in [5.41, 5.74) is 2.53. The van der Waals surface area contributed by atoms with Crippen molar-refractivity contribution in [3.05, 3.63) is 72.5 Å². The number of halogens is 1. The second-order valence-corrected chi connectivity index (χ2v) is 6.32. The third-order valence-corrected chi connectivity index (χ3v) is 4.12. The summed E-state index contributed by atoms with van der Waals surface area (Å²) >= 11 is 5.07. The molecular formula is C29H54ClN3. The fraction of sp³-hybridized carbons (Fsp3) is 0.552. The highest BCUT2D eigenvalue weighted by Gasteiger charge is 2.09. The molecule has 0 bridgehead atoms. The van der Waals surface area contributed by atoms with Gasteiger partial charge >= 0.3 is 0 Å². The number of hydrazone groups is 1. The Morgan fingerprint density at radius 3 is 2.00 bits per heavy atom. The summed E-state index contributed by atoms with van der Waals surface area (Å²) in [6.45, 7) is 24.7. The molecule has 0 aliphatic rings. The van der Waals surface area contributed by atoms with Crippen molar-refractivity contribution in [2.45, 2.75) is 81.7 Å². The van der Waals surface area contributed by atoms with Gasteiger partial charge in [0, 0.05) is 30.8 Å². The van der Waals surface area contributed by atoms with Crippen LogP contribution in [0.3, 0.4) is 0 Å². The van der Waals surface area contributed by atoms with E-state index in [2.05, 4.69) is 85.8 Å². The Hall–Kier alpha value is -1.84. The van der Waals surface area contributed by atoms with Gasteiger partial charge in [-0.05, 0) is 38.6 Å². The van der Waals surface area contributed by atoms with Gasteiger partial charge in [-0.2, -0.15) is 5.10 Å². The van der Waals surface area contributed by atoms with E-state index in [1.165, 1.54) is 11.3 Å². The lowest BCUT2D eigenvalue weighted by atomic mass is 10.2. The fourth-order valence-electron chi connectivity index (χ4n) is 2.17. The van der Waals surface area contributed by atoms with Crippen LogP contribution >= 0.6 is 11.6 Å². The monoisotopic (exact) mass is 479 g/mol. The summed E-state index contributed by atoms with van der Waals surface area (Å²) in [5, 5.41) is 6.78. The van der Waals surface area contributed by atoms with Gasteiger partial charge in [0.1, 0.15) is 0 Å². The van der Waals surface area contributed by atoms with Crippen LogP contribution in [0.5, 0.6) is 0 Å². The molecule has 0 aliphatic carbocycles. The first-order valence-corrected chi connectivity index (χ1v) is 13.2. The van der Waals surface area contributed by atoms with E-state index in [4.69, 9.17) is 11.6 Å². The Morgan fingerprint density at radius 1 is 1.03 bits per heavy atom. The van der Waals surface area contributed by atoms with Crippen LogP contribution in [0, 0.1) is 0 Å². The highest BCUT2D eigenvalue weighted by atomic mass is 35.5. The van der Waals surface area contributed by atoms with Crippen LogP contribution in [0.1, 0.15) is 80.7 Å². The summed E-state index contributed by atoms with van der Waals surface area (Å²) in [6, 6.07) is 10.5. The third-order valence-electron chi connectivity index (χ3n) is 3.90. The number of alkyl halides is 1. The van der Waals surface area contributed by atoms with Crippen LogP contribution in [0.25, 0.3) is 0 Å². The number of benzene rings is 1. The smallest absolute Gasteiger partial charge is 0.0662 e. The van der Waals surface area contributed by atoms with E-state index < -0.39 is 0 Å². The summed E-state index contributed by atoms with van der Waals surface area (Å²) < 4.78 is 0. The van der Waals surface area contributed by atoms with Gasteiger partial charge < -0.3 is 4.90 Å². The van der Waals surface area contributed by atoms with Crippen molar-refractivity contribution >= 4 is 17.8 Å². The highest BCUT2D eigenvalue weighted by Crippen LogP contribution is 2.15. The molecule has 1 aromatic rings. The predicted molar refractivity (Wildman–Crippen MR) is 156 cm³/mol. The minimum absolute atomic E-state index is 0.556. The van der Waals surface area contributed by atoms with Gasteiger partial charge in [0.2, 0.25) is 0 Å². The average molecular weight is 480 g/mol. The molecule has 0 atom stereocenters. The molecule has 1 rings (SSSR count). The maximum atomic E-state index is 5.07. The van der Waals surface area contributed by atoms with E-state index in [0.29, 0.717) is 5.88 Å². The van der Waals surface area contributed by atoms with E-state index in [1.54, 1.807) is 6.08 Å². The zero-order chi connectivity index (χ0) is 26.3. The van der Waals surface area contributed by atoms with Gasteiger partial charge in [-0.15, -0.1) is 18.2 Å². The highest BCUT2D eigenvalue weighted by molar-refractivity contribution is 6.18. The van der Waals surface area contributed by atoms with Crippen molar-refractivity contribution in [2.75, 3.05) is 26.0 Å². The van der Waals surface area contributed by atoms with Crippen molar-refractivity contribution in [3.8, 4) is 0 Å². The molecule has 33 heavy (non-hydrogen) atoms. The Kier molecular flexibility index (Phi) is 40.5. The van der Waals surface area contributed by atoms with E-state index in [9.17, 15) is 0 Å². The normalized spacial score (nSPS) is 10.1. The maximum absolute atomic E-state index is 5.07. The van der Waals surface area contributed by atoms with Crippen molar-refractivity contribution in [3.63, 3.8) is 0 Å². The molecule has 0 fully saturated rings. The summed E-state index contributed by atoms with van der Waals surface area (Å²) in [5.74, 6) is 0.556. The molecule has 0 unspecified atom stereocenters. The summed E-state index contributed by atoms with van der Waals surface area (Å²) in [4.78, 5) is 2.32. The van der Waals surface area contributed by atoms with Crippen LogP contribution in [-0.2, 0) is 6.54 Å².